The molecule has 5 heteroatoms. The zero-order valence-electron chi connectivity index (χ0n) is 37.9. The lowest BCUT2D eigenvalue weighted by molar-refractivity contribution is 0.740. The minimum absolute atomic E-state index is 0.00399. The van der Waals surface area contributed by atoms with Gasteiger partial charge < -0.3 is 0 Å². The molecule has 0 aliphatic carbocycles. The predicted octanol–water partition coefficient (Wildman–Crippen LogP) is 12.7. The van der Waals surface area contributed by atoms with Crippen molar-refractivity contribution < 1.29 is 0 Å². The lowest BCUT2D eigenvalue weighted by Gasteiger charge is -2.43. The van der Waals surface area contributed by atoms with E-state index in [9.17, 15) is 0 Å². The molecule has 1 aliphatic heterocycles. The molecular formula is C58H58S2Si3. The average Bonchev–Trinajstić information content (AvgIpc) is 4.02. The van der Waals surface area contributed by atoms with Crippen molar-refractivity contribution in [1.29, 1.82) is 0 Å². The minimum Gasteiger partial charge on any atom is -0.145 e. The van der Waals surface area contributed by atoms with Gasteiger partial charge in [-0.3, -0.25) is 0 Å². The van der Waals surface area contributed by atoms with E-state index in [0.717, 1.165) is 0 Å². The van der Waals surface area contributed by atoms with Crippen LogP contribution in [0.2, 0.25) is 23.2 Å². The first kappa shape index (κ1) is 43.1. The number of benzene rings is 6. The summed E-state index contributed by atoms with van der Waals surface area (Å²) in [7, 11) is -7.58. The van der Waals surface area contributed by atoms with E-state index in [2.05, 4.69) is 284 Å². The van der Waals surface area contributed by atoms with Crippen LogP contribution in [0.1, 0.15) is 62.4 Å². The molecule has 0 bridgehead atoms. The highest BCUT2D eigenvalue weighted by atomic mass is 32.1. The molecule has 6 aromatic carbocycles. The van der Waals surface area contributed by atoms with E-state index in [1.807, 2.05) is 0 Å². The third-order valence-corrected chi connectivity index (χ3v) is 32.9. The van der Waals surface area contributed by atoms with E-state index in [1.165, 1.54) is 61.8 Å². The monoisotopic (exact) mass is 902 g/mol. The molecule has 2 aromatic heterocycles. The molecule has 0 fully saturated rings. The molecule has 0 saturated heterocycles. The van der Waals surface area contributed by atoms with E-state index in [4.69, 9.17) is 0 Å². The van der Waals surface area contributed by atoms with Crippen LogP contribution in [0.4, 0.5) is 0 Å². The fourth-order valence-corrected chi connectivity index (χ4v) is 33.1. The molecule has 3 heterocycles. The Morgan fingerprint density at radius 2 is 0.587 bits per heavy atom. The highest BCUT2D eigenvalue weighted by Gasteiger charge is 2.53. The lowest BCUT2D eigenvalue weighted by Crippen LogP contribution is -2.71. The van der Waals surface area contributed by atoms with Gasteiger partial charge in [0.05, 0.1) is 0 Å². The molecule has 1 aliphatic rings. The van der Waals surface area contributed by atoms with Crippen molar-refractivity contribution in [3.63, 3.8) is 0 Å². The van der Waals surface area contributed by atoms with Crippen LogP contribution in [0.3, 0.4) is 0 Å². The summed E-state index contributed by atoms with van der Waals surface area (Å²) in [5.74, 6) is 0. The van der Waals surface area contributed by atoms with Gasteiger partial charge in [0.1, 0.15) is 8.07 Å². The summed E-state index contributed by atoms with van der Waals surface area (Å²) in [6.07, 6.45) is 0. The minimum atomic E-state index is -2.56. The molecule has 0 unspecified atom stereocenters. The van der Waals surface area contributed by atoms with Crippen LogP contribution in [-0.4, -0.2) is 24.2 Å². The zero-order chi connectivity index (χ0) is 44.0. The van der Waals surface area contributed by atoms with Crippen LogP contribution in [-0.2, 0) is 0 Å². The number of hydrogen-bond donors (Lipinski definition) is 0. The second-order valence-corrected chi connectivity index (χ2v) is 36.2. The number of allylic oxidation sites excluding steroid dienone is 2. The third-order valence-electron chi connectivity index (χ3n) is 13.6. The summed E-state index contributed by atoms with van der Waals surface area (Å²) < 4.78 is 3.04. The number of hydrogen-bond acceptors (Lipinski definition) is 2. The van der Waals surface area contributed by atoms with Crippen LogP contribution in [0.15, 0.2) is 206 Å². The average molecular weight is 903 g/mol. The van der Waals surface area contributed by atoms with Gasteiger partial charge in [0.15, 0.2) is 16.1 Å². The van der Waals surface area contributed by atoms with Gasteiger partial charge in [-0.25, -0.2) is 0 Å². The molecule has 0 atom stereocenters. The van der Waals surface area contributed by atoms with Crippen molar-refractivity contribution in [2.45, 2.75) is 64.7 Å². The van der Waals surface area contributed by atoms with Crippen LogP contribution in [0, 0.1) is 0 Å². The van der Waals surface area contributed by atoms with Gasteiger partial charge in [0, 0.05) is 18.8 Å². The summed E-state index contributed by atoms with van der Waals surface area (Å²) in [5, 5.41) is 8.99. The Morgan fingerprint density at radius 3 is 0.841 bits per heavy atom. The smallest absolute Gasteiger partial charge is 0.145 e. The topological polar surface area (TPSA) is 0 Å². The van der Waals surface area contributed by atoms with Gasteiger partial charge in [0.25, 0.3) is 0 Å². The van der Waals surface area contributed by atoms with Gasteiger partial charge in [-0.05, 0) is 75.6 Å². The van der Waals surface area contributed by atoms with Gasteiger partial charge in [-0.1, -0.05) is 249 Å². The van der Waals surface area contributed by atoms with Gasteiger partial charge >= 0.3 is 0 Å². The first-order chi connectivity index (χ1) is 30.3. The summed E-state index contributed by atoms with van der Waals surface area (Å²) in [4.78, 5) is 2.83. The molecule has 0 N–H and O–H groups in total. The normalized spacial score (nSPS) is 14.7. The maximum atomic E-state index is 2.64. The van der Waals surface area contributed by atoms with Gasteiger partial charge in [-0.2, -0.15) is 0 Å². The fourth-order valence-electron chi connectivity index (χ4n) is 11.1. The Kier molecular flexibility index (Phi) is 11.5. The summed E-state index contributed by atoms with van der Waals surface area (Å²) in [6.45, 7) is 20.2. The maximum Gasteiger partial charge on any atom is 0.165 e. The van der Waals surface area contributed by atoms with Crippen LogP contribution < -0.4 is 29.7 Å². The van der Waals surface area contributed by atoms with Crippen LogP contribution in [0.5, 0.6) is 0 Å². The largest absolute Gasteiger partial charge is 0.165 e. The van der Waals surface area contributed by atoms with Crippen molar-refractivity contribution >= 4 is 98.2 Å². The third kappa shape index (κ3) is 7.13. The molecule has 0 saturated carbocycles. The lowest BCUT2D eigenvalue weighted by atomic mass is 9.91. The Bertz CT molecular complexity index is 2620. The highest BCUT2D eigenvalue weighted by molar-refractivity contribution is 7.37. The predicted molar refractivity (Wildman–Crippen MR) is 287 cm³/mol. The second-order valence-electron chi connectivity index (χ2n) is 19.6. The second kappa shape index (κ2) is 16.8. The number of thiophene rings is 2. The van der Waals surface area contributed by atoms with Gasteiger partial charge in [0.2, 0.25) is 0 Å². The Hall–Kier alpha value is -5.15. The SMILES string of the molecule is CC(C)(C)[Si](c1ccccc1)(c1ccccc1)c1ccc(C2=C(c3ccccc3)C(c3ccccc3)=C(c3ccc([Si](c4ccccc4)(c4ccccc4)C(C)(C)C)s3)[Si]2(C)C)s1. The quantitative estimate of drug-likeness (QED) is 0.120. The molecule has 0 radical (unpaired) electrons. The van der Waals surface area contributed by atoms with Crippen molar-refractivity contribution in [1.82, 2.24) is 0 Å². The maximum absolute atomic E-state index is 2.64. The first-order valence-corrected chi connectivity index (χ1v) is 31.0. The molecular weight excluding hydrogens is 845 g/mol. The van der Waals surface area contributed by atoms with Gasteiger partial charge in [-0.15, -0.1) is 22.7 Å². The van der Waals surface area contributed by atoms with E-state index >= 15 is 0 Å². The summed E-state index contributed by atoms with van der Waals surface area (Å²) >= 11 is 4.16. The molecule has 9 rings (SSSR count). The van der Waals surface area contributed by atoms with E-state index in [-0.39, 0.29) is 10.1 Å². The first-order valence-electron chi connectivity index (χ1n) is 22.4. The van der Waals surface area contributed by atoms with E-state index in [1.54, 1.807) is 10.4 Å². The molecule has 0 spiro atoms. The molecule has 0 nitrogen and oxygen atoms in total. The Balaban J connectivity index is 1.32. The summed E-state index contributed by atoms with van der Waals surface area (Å²) in [6, 6.07) is 78.6. The van der Waals surface area contributed by atoms with Crippen molar-refractivity contribution in [3.8, 4) is 0 Å². The van der Waals surface area contributed by atoms with E-state index in [0.29, 0.717) is 0 Å². The van der Waals surface area contributed by atoms with Crippen LogP contribution in [0.25, 0.3) is 21.5 Å². The van der Waals surface area contributed by atoms with Crippen molar-refractivity contribution in [2.75, 3.05) is 0 Å². The van der Waals surface area contributed by atoms with Crippen molar-refractivity contribution in [3.05, 3.63) is 227 Å². The highest BCUT2D eigenvalue weighted by Crippen LogP contribution is 2.57. The number of rotatable bonds is 10. The Labute approximate surface area is 387 Å². The molecule has 314 valence electrons. The molecule has 8 aromatic rings. The van der Waals surface area contributed by atoms with Crippen LogP contribution >= 0.6 is 22.7 Å². The molecule has 63 heavy (non-hydrogen) atoms. The zero-order valence-corrected chi connectivity index (χ0v) is 42.6. The van der Waals surface area contributed by atoms with Crippen molar-refractivity contribution in [2.24, 2.45) is 0 Å². The summed E-state index contributed by atoms with van der Waals surface area (Å²) in [5.41, 5.74) is 5.41. The Morgan fingerprint density at radius 1 is 0.333 bits per heavy atom. The van der Waals surface area contributed by atoms with E-state index < -0.39 is 24.2 Å². The standard InChI is InChI=1S/C58H58S2Si3/c1-57(2,3)62(45-31-19-11-20-32-45,46-33-21-12-22-34-46)51-41-39-49(59-51)55-53(43-27-15-9-16-28-43)54(44-29-17-10-18-30-44)56(61(55,7)8)50-40-42-52(60-50)63(58(4,5)6,47-35-23-13-24-36-47)48-37-25-14-26-38-48/h9-42H,1-8H3. The molecule has 0 amide bonds. The fraction of sp³-hybridized carbons (Fsp3) is 0.172.